The maximum absolute atomic E-state index is 3.71. The molecule has 0 radical (unpaired) electrons. The molecule has 0 aromatic heterocycles. The minimum absolute atomic E-state index is 0.645. The molecular weight excluding hydrogens is 222 g/mol. The van der Waals surface area contributed by atoms with Gasteiger partial charge in [-0.3, -0.25) is 4.90 Å². The molecule has 1 fully saturated rings. The average molecular weight is 255 g/mol. The Hall–Kier alpha value is -0.120. The van der Waals surface area contributed by atoms with E-state index in [2.05, 4.69) is 49.9 Å². The van der Waals surface area contributed by atoms with Crippen LogP contribution in [-0.4, -0.2) is 61.2 Å². The van der Waals surface area contributed by atoms with Gasteiger partial charge in [0.05, 0.1) is 0 Å². The lowest BCUT2D eigenvalue weighted by Crippen LogP contribution is -2.48. The van der Waals surface area contributed by atoms with Gasteiger partial charge in [-0.25, -0.2) is 0 Å². The zero-order valence-electron chi connectivity index (χ0n) is 13.1. The summed E-state index contributed by atoms with van der Waals surface area (Å²) in [7, 11) is 2.24. The van der Waals surface area contributed by atoms with Crippen LogP contribution < -0.4 is 5.32 Å². The van der Waals surface area contributed by atoms with Gasteiger partial charge >= 0.3 is 0 Å². The summed E-state index contributed by atoms with van der Waals surface area (Å²) in [4.78, 5) is 5.14. The van der Waals surface area contributed by atoms with Crippen LogP contribution in [0.15, 0.2) is 0 Å². The molecule has 1 aliphatic heterocycles. The van der Waals surface area contributed by atoms with E-state index in [-0.39, 0.29) is 0 Å². The highest BCUT2D eigenvalue weighted by Gasteiger charge is 2.23. The molecule has 1 saturated heterocycles. The Bertz CT molecular complexity index is 216. The lowest BCUT2D eigenvalue weighted by atomic mass is 10.1. The third-order valence-corrected chi connectivity index (χ3v) is 4.35. The molecule has 1 aliphatic rings. The maximum atomic E-state index is 3.71. The fourth-order valence-corrected chi connectivity index (χ4v) is 3.08. The van der Waals surface area contributed by atoms with Crippen molar-refractivity contribution in [2.24, 2.45) is 0 Å². The second-order valence-corrected chi connectivity index (χ2v) is 5.97. The van der Waals surface area contributed by atoms with Crippen molar-refractivity contribution in [3.8, 4) is 0 Å². The predicted octanol–water partition coefficient (Wildman–Crippen LogP) is 2.18. The Morgan fingerprint density at radius 1 is 1.22 bits per heavy atom. The van der Waals surface area contributed by atoms with E-state index in [0.717, 1.165) is 6.54 Å². The summed E-state index contributed by atoms with van der Waals surface area (Å²) in [6.45, 7) is 14.1. The molecule has 0 bridgehead atoms. The quantitative estimate of drug-likeness (QED) is 0.785. The lowest BCUT2D eigenvalue weighted by molar-refractivity contribution is 0.147. The highest BCUT2D eigenvalue weighted by atomic mass is 15.3. The summed E-state index contributed by atoms with van der Waals surface area (Å²) in [5.74, 6) is 0. The highest BCUT2D eigenvalue weighted by molar-refractivity contribution is 4.81. The summed E-state index contributed by atoms with van der Waals surface area (Å²) in [5, 5.41) is 3.71. The summed E-state index contributed by atoms with van der Waals surface area (Å²) in [5.41, 5.74) is 0. The summed E-state index contributed by atoms with van der Waals surface area (Å²) in [6, 6.07) is 2.01. The van der Waals surface area contributed by atoms with Crippen molar-refractivity contribution in [3.63, 3.8) is 0 Å². The van der Waals surface area contributed by atoms with Crippen LogP contribution in [0.25, 0.3) is 0 Å². The second kappa shape index (κ2) is 8.13. The van der Waals surface area contributed by atoms with E-state index < -0.39 is 0 Å². The smallest absolute Gasteiger partial charge is 0.0198 e. The molecule has 108 valence electrons. The second-order valence-electron chi connectivity index (χ2n) is 5.97. The van der Waals surface area contributed by atoms with E-state index in [1.165, 1.54) is 38.9 Å². The first-order valence-electron chi connectivity index (χ1n) is 7.76. The van der Waals surface area contributed by atoms with Crippen molar-refractivity contribution in [1.29, 1.82) is 0 Å². The summed E-state index contributed by atoms with van der Waals surface area (Å²) >= 11 is 0. The predicted molar refractivity (Wildman–Crippen MR) is 80.1 cm³/mol. The number of nitrogens with one attached hydrogen (secondary N) is 1. The molecule has 0 saturated carbocycles. The molecule has 2 atom stereocenters. The largest absolute Gasteiger partial charge is 0.312 e. The molecule has 0 spiro atoms. The van der Waals surface area contributed by atoms with Crippen LogP contribution in [0.5, 0.6) is 0 Å². The first-order chi connectivity index (χ1) is 8.58. The monoisotopic (exact) mass is 255 g/mol. The molecule has 0 aliphatic carbocycles. The van der Waals surface area contributed by atoms with E-state index in [0.29, 0.717) is 18.1 Å². The van der Waals surface area contributed by atoms with E-state index in [9.17, 15) is 0 Å². The topological polar surface area (TPSA) is 18.5 Å². The molecule has 1 rings (SSSR count). The van der Waals surface area contributed by atoms with Gasteiger partial charge in [0.15, 0.2) is 0 Å². The molecular formula is C15H33N3. The van der Waals surface area contributed by atoms with Gasteiger partial charge in [0.25, 0.3) is 0 Å². The Kier molecular flexibility index (Phi) is 7.20. The van der Waals surface area contributed by atoms with Gasteiger partial charge in [-0.1, -0.05) is 13.8 Å². The number of hydrogen-bond donors (Lipinski definition) is 1. The molecule has 18 heavy (non-hydrogen) atoms. The van der Waals surface area contributed by atoms with E-state index >= 15 is 0 Å². The van der Waals surface area contributed by atoms with Crippen molar-refractivity contribution in [2.75, 3.05) is 33.2 Å². The van der Waals surface area contributed by atoms with Crippen molar-refractivity contribution in [3.05, 3.63) is 0 Å². The molecule has 2 unspecified atom stereocenters. The van der Waals surface area contributed by atoms with Gasteiger partial charge in [0.1, 0.15) is 0 Å². The van der Waals surface area contributed by atoms with Crippen molar-refractivity contribution in [2.45, 2.75) is 65.1 Å². The maximum Gasteiger partial charge on any atom is 0.0198 e. The summed E-state index contributed by atoms with van der Waals surface area (Å²) in [6.07, 6.45) is 3.78. The molecule has 0 aromatic carbocycles. The Morgan fingerprint density at radius 3 is 2.50 bits per heavy atom. The fraction of sp³-hybridized carbons (Fsp3) is 1.00. The van der Waals surface area contributed by atoms with Crippen LogP contribution >= 0.6 is 0 Å². The highest BCUT2D eigenvalue weighted by Crippen LogP contribution is 2.12. The number of rotatable bonds is 6. The average Bonchev–Trinajstić information content (AvgIpc) is 2.51. The van der Waals surface area contributed by atoms with Gasteiger partial charge < -0.3 is 10.2 Å². The Morgan fingerprint density at radius 2 is 1.89 bits per heavy atom. The van der Waals surface area contributed by atoms with E-state index in [4.69, 9.17) is 0 Å². The third-order valence-electron chi connectivity index (χ3n) is 4.35. The number of likely N-dealkylation sites (N-methyl/N-ethyl adjacent to an activating group) is 1. The van der Waals surface area contributed by atoms with Crippen molar-refractivity contribution < 1.29 is 0 Å². The van der Waals surface area contributed by atoms with Gasteiger partial charge in [0, 0.05) is 37.8 Å². The van der Waals surface area contributed by atoms with Gasteiger partial charge in [-0.2, -0.15) is 0 Å². The number of hydrogen-bond acceptors (Lipinski definition) is 3. The van der Waals surface area contributed by atoms with Crippen molar-refractivity contribution in [1.82, 2.24) is 15.1 Å². The van der Waals surface area contributed by atoms with Crippen LogP contribution in [0.1, 0.15) is 47.0 Å². The van der Waals surface area contributed by atoms with Crippen molar-refractivity contribution >= 4 is 0 Å². The summed E-state index contributed by atoms with van der Waals surface area (Å²) < 4.78 is 0. The van der Waals surface area contributed by atoms with Crippen LogP contribution in [-0.2, 0) is 0 Å². The molecule has 0 amide bonds. The van der Waals surface area contributed by atoms with E-state index in [1.807, 2.05) is 0 Å². The van der Waals surface area contributed by atoms with E-state index in [1.54, 1.807) is 0 Å². The molecule has 1 N–H and O–H groups in total. The zero-order chi connectivity index (χ0) is 13.5. The van der Waals surface area contributed by atoms with Gasteiger partial charge in [-0.15, -0.1) is 0 Å². The van der Waals surface area contributed by atoms with Crippen LogP contribution in [0, 0.1) is 0 Å². The Balaban J connectivity index is 2.41. The first-order valence-corrected chi connectivity index (χ1v) is 7.76. The van der Waals surface area contributed by atoms with Crippen LogP contribution in [0.2, 0.25) is 0 Å². The standard InChI is InChI=1S/C15H33N3/c1-6-15(7-2)16-11-13(3)18-10-8-9-17(5)12-14(18)4/h13-16H,6-12H2,1-5H3. The lowest BCUT2D eigenvalue weighted by Gasteiger charge is -2.34. The SMILES string of the molecule is CCC(CC)NCC(C)N1CCCN(C)CC1C. The molecule has 3 nitrogen and oxygen atoms in total. The Labute approximate surface area is 114 Å². The molecule has 1 heterocycles. The zero-order valence-corrected chi connectivity index (χ0v) is 13.1. The minimum atomic E-state index is 0.645. The van der Waals surface area contributed by atoms with Crippen LogP contribution in [0.4, 0.5) is 0 Å². The fourth-order valence-electron chi connectivity index (χ4n) is 3.08. The minimum Gasteiger partial charge on any atom is -0.312 e. The first kappa shape index (κ1) is 15.9. The van der Waals surface area contributed by atoms with Gasteiger partial charge in [-0.05, 0) is 46.7 Å². The van der Waals surface area contributed by atoms with Crippen LogP contribution in [0.3, 0.4) is 0 Å². The number of nitrogens with zero attached hydrogens (tertiary/aromatic N) is 2. The van der Waals surface area contributed by atoms with Gasteiger partial charge in [0.2, 0.25) is 0 Å². The molecule has 3 heteroatoms. The molecule has 0 aromatic rings. The third kappa shape index (κ3) is 4.87. The normalized spacial score (nSPS) is 25.3.